The minimum atomic E-state index is -0.238. The highest BCUT2D eigenvalue weighted by atomic mass is 16.5. The normalized spacial score (nSPS) is 15.0. The zero-order chi connectivity index (χ0) is 12.5. The SMILES string of the molecule is CCOC(=O)CNCCCC(=O)N1CCCC1. The molecule has 1 saturated heterocycles. The molecule has 0 spiro atoms. The highest BCUT2D eigenvalue weighted by molar-refractivity contribution is 5.76. The van der Waals surface area contributed by atoms with Gasteiger partial charge in [0.05, 0.1) is 13.2 Å². The highest BCUT2D eigenvalue weighted by Gasteiger charge is 2.16. The molecule has 17 heavy (non-hydrogen) atoms. The van der Waals surface area contributed by atoms with Crippen LogP contribution in [0.25, 0.3) is 0 Å². The lowest BCUT2D eigenvalue weighted by atomic mass is 10.3. The second-order valence-corrected chi connectivity index (χ2v) is 4.17. The molecule has 0 unspecified atom stereocenters. The molecule has 1 N–H and O–H groups in total. The number of esters is 1. The topological polar surface area (TPSA) is 58.6 Å². The van der Waals surface area contributed by atoms with Gasteiger partial charge in [-0.05, 0) is 32.7 Å². The Balaban J connectivity index is 1.96. The van der Waals surface area contributed by atoms with Gasteiger partial charge in [0.2, 0.25) is 5.91 Å². The average molecular weight is 242 g/mol. The summed E-state index contributed by atoms with van der Waals surface area (Å²) in [6, 6.07) is 0. The van der Waals surface area contributed by atoms with Gasteiger partial charge in [0.15, 0.2) is 0 Å². The summed E-state index contributed by atoms with van der Waals surface area (Å²) >= 11 is 0. The Hall–Kier alpha value is -1.10. The zero-order valence-corrected chi connectivity index (χ0v) is 10.5. The van der Waals surface area contributed by atoms with Crippen LogP contribution in [-0.4, -0.2) is 49.6 Å². The van der Waals surface area contributed by atoms with Gasteiger partial charge in [-0.1, -0.05) is 0 Å². The molecule has 1 fully saturated rings. The Morgan fingerprint density at radius 2 is 2.00 bits per heavy atom. The predicted octanol–water partition coefficient (Wildman–Crippen LogP) is 0.542. The molecule has 0 radical (unpaired) electrons. The number of amides is 1. The summed E-state index contributed by atoms with van der Waals surface area (Å²) in [6.07, 6.45) is 3.60. The molecule has 5 heteroatoms. The van der Waals surface area contributed by atoms with Crippen LogP contribution in [0.5, 0.6) is 0 Å². The smallest absolute Gasteiger partial charge is 0.319 e. The maximum Gasteiger partial charge on any atom is 0.319 e. The van der Waals surface area contributed by atoms with Crippen molar-refractivity contribution in [3.63, 3.8) is 0 Å². The second-order valence-electron chi connectivity index (χ2n) is 4.17. The highest BCUT2D eigenvalue weighted by Crippen LogP contribution is 2.09. The minimum Gasteiger partial charge on any atom is -0.465 e. The van der Waals surface area contributed by atoms with Crippen LogP contribution in [-0.2, 0) is 14.3 Å². The van der Waals surface area contributed by atoms with E-state index in [9.17, 15) is 9.59 Å². The number of hydrogen-bond acceptors (Lipinski definition) is 4. The van der Waals surface area contributed by atoms with Gasteiger partial charge in [0.1, 0.15) is 0 Å². The van der Waals surface area contributed by atoms with Gasteiger partial charge in [0.25, 0.3) is 0 Å². The van der Waals surface area contributed by atoms with Crippen LogP contribution in [0.4, 0.5) is 0 Å². The van der Waals surface area contributed by atoms with Crippen molar-refractivity contribution in [2.75, 3.05) is 32.8 Å². The molecule has 0 aliphatic carbocycles. The van der Waals surface area contributed by atoms with Crippen LogP contribution >= 0.6 is 0 Å². The summed E-state index contributed by atoms with van der Waals surface area (Å²) in [5, 5.41) is 2.97. The van der Waals surface area contributed by atoms with E-state index in [1.54, 1.807) is 6.92 Å². The Kier molecular flexibility index (Phi) is 6.62. The molecule has 0 saturated carbocycles. The fraction of sp³-hybridized carbons (Fsp3) is 0.833. The van der Waals surface area contributed by atoms with E-state index < -0.39 is 0 Å². The number of hydrogen-bond donors (Lipinski definition) is 1. The van der Waals surface area contributed by atoms with Gasteiger partial charge in [-0.25, -0.2) is 0 Å². The van der Waals surface area contributed by atoms with Gasteiger partial charge >= 0.3 is 5.97 Å². The number of likely N-dealkylation sites (tertiary alicyclic amines) is 1. The first-order valence-electron chi connectivity index (χ1n) is 6.38. The first-order chi connectivity index (χ1) is 8.24. The van der Waals surface area contributed by atoms with Crippen molar-refractivity contribution in [1.82, 2.24) is 10.2 Å². The number of ether oxygens (including phenoxy) is 1. The minimum absolute atomic E-state index is 0.228. The third-order valence-corrected chi connectivity index (χ3v) is 2.78. The molecule has 0 aromatic heterocycles. The summed E-state index contributed by atoms with van der Waals surface area (Å²) in [5.74, 6) is -0.00111. The third-order valence-electron chi connectivity index (χ3n) is 2.78. The van der Waals surface area contributed by atoms with E-state index in [4.69, 9.17) is 4.74 Å². The van der Waals surface area contributed by atoms with E-state index in [0.29, 0.717) is 19.6 Å². The van der Waals surface area contributed by atoms with Gasteiger partial charge in [0, 0.05) is 19.5 Å². The van der Waals surface area contributed by atoms with E-state index in [0.717, 1.165) is 32.4 Å². The summed E-state index contributed by atoms with van der Waals surface area (Å²) in [4.78, 5) is 24.6. The summed E-state index contributed by atoms with van der Waals surface area (Å²) in [6.45, 7) is 4.93. The lowest BCUT2D eigenvalue weighted by molar-refractivity contribution is -0.142. The van der Waals surface area contributed by atoms with Gasteiger partial charge in [-0.2, -0.15) is 0 Å². The quantitative estimate of drug-likeness (QED) is 0.523. The Morgan fingerprint density at radius 1 is 1.29 bits per heavy atom. The van der Waals surface area contributed by atoms with Crippen LogP contribution in [0.2, 0.25) is 0 Å². The summed E-state index contributed by atoms with van der Waals surface area (Å²) in [5.41, 5.74) is 0. The van der Waals surface area contributed by atoms with Gasteiger partial charge in [-0.15, -0.1) is 0 Å². The Labute approximate surface area is 102 Å². The van der Waals surface area contributed by atoms with Crippen molar-refractivity contribution < 1.29 is 14.3 Å². The molecule has 1 rings (SSSR count). The fourth-order valence-electron chi connectivity index (χ4n) is 1.89. The molecule has 1 heterocycles. The first kappa shape index (κ1) is 14.0. The third kappa shape index (κ3) is 5.68. The molecule has 0 atom stereocenters. The van der Waals surface area contributed by atoms with Crippen molar-refractivity contribution in [3.8, 4) is 0 Å². The number of carbonyl (C=O) groups excluding carboxylic acids is 2. The zero-order valence-electron chi connectivity index (χ0n) is 10.5. The lowest BCUT2D eigenvalue weighted by Crippen LogP contribution is -2.29. The van der Waals surface area contributed by atoms with E-state index in [2.05, 4.69) is 5.32 Å². The molecule has 98 valence electrons. The van der Waals surface area contributed by atoms with E-state index in [-0.39, 0.29) is 18.4 Å². The van der Waals surface area contributed by atoms with Crippen molar-refractivity contribution in [1.29, 1.82) is 0 Å². The Morgan fingerprint density at radius 3 is 2.65 bits per heavy atom. The number of rotatable bonds is 7. The monoisotopic (exact) mass is 242 g/mol. The van der Waals surface area contributed by atoms with Gasteiger partial charge in [-0.3, -0.25) is 9.59 Å². The van der Waals surface area contributed by atoms with Crippen LogP contribution in [0.1, 0.15) is 32.6 Å². The number of carbonyl (C=O) groups is 2. The Bertz CT molecular complexity index is 250. The van der Waals surface area contributed by atoms with Crippen molar-refractivity contribution in [3.05, 3.63) is 0 Å². The molecule has 1 aliphatic heterocycles. The van der Waals surface area contributed by atoms with E-state index >= 15 is 0 Å². The van der Waals surface area contributed by atoms with E-state index in [1.807, 2.05) is 4.90 Å². The molecule has 0 aromatic carbocycles. The maximum absolute atomic E-state index is 11.7. The van der Waals surface area contributed by atoms with Crippen LogP contribution in [0, 0.1) is 0 Å². The first-order valence-corrected chi connectivity index (χ1v) is 6.38. The van der Waals surface area contributed by atoms with Crippen LogP contribution in [0.15, 0.2) is 0 Å². The standard InChI is InChI=1S/C12H22N2O3/c1-2-17-12(16)10-13-7-5-6-11(15)14-8-3-4-9-14/h13H,2-10H2,1H3. The fourth-order valence-corrected chi connectivity index (χ4v) is 1.89. The summed E-state index contributed by atoms with van der Waals surface area (Å²) in [7, 11) is 0. The van der Waals surface area contributed by atoms with Crippen molar-refractivity contribution in [2.45, 2.75) is 32.6 Å². The maximum atomic E-state index is 11.7. The largest absolute Gasteiger partial charge is 0.465 e. The molecule has 0 bridgehead atoms. The van der Waals surface area contributed by atoms with Crippen LogP contribution in [0.3, 0.4) is 0 Å². The predicted molar refractivity (Wildman–Crippen MR) is 64.6 cm³/mol. The number of nitrogens with one attached hydrogen (secondary N) is 1. The molecule has 1 amide bonds. The lowest BCUT2D eigenvalue weighted by Gasteiger charge is -2.14. The van der Waals surface area contributed by atoms with Gasteiger partial charge < -0.3 is 15.0 Å². The molecular formula is C12H22N2O3. The van der Waals surface area contributed by atoms with Crippen LogP contribution < -0.4 is 5.32 Å². The average Bonchev–Trinajstić information content (AvgIpc) is 2.82. The second kappa shape index (κ2) is 8.06. The molecule has 1 aliphatic rings. The van der Waals surface area contributed by atoms with E-state index in [1.165, 1.54) is 0 Å². The molecular weight excluding hydrogens is 220 g/mol. The summed E-state index contributed by atoms with van der Waals surface area (Å²) < 4.78 is 4.77. The molecule has 5 nitrogen and oxygen atoms in total. The van der Waals surface area contributed by atoms with Crippen molar-refractivity contribution >= 4 is 11.9 Å². The molecule has 0 aromatic rings. The number of nitrogens with zero attached hydrogens (tertiary/aromatic N) is 1. The van der Waals surface area contributed by atoms with Crippen molar-refractivity contribution in [2.24, 2.45) is 0 Å².